The molecule has 3 heterocycles. The number of benzene rings is 7. The van der Waals surface area contributed by atoms with Gasteiger partial charge in [-0.3, -0.25) is 0 Å². The molecule has 0 spiro atoms. The van der Waals surface area contributed by atoms with Crippen LogP contribution in [0.1, 0.15) is 16.7 Å². The fraction of sp³-hybridized carbons (Fsp3) is 0. The molecule has 0 saturated carbocycles. The van der Waals surface area contributed by atoms with E-state index in [1.807, 2.05) is 29.5 Å². The van der Waals surface area contributed by atoms with Crippen LogP contribution in [0.15, 0.2) is 192 Å². The highest BCUT2D eigenvalue weighted by atomic mass is 127. The molecule has 53 heavy (non-hydrogen) atoms. The van der Waals surface area contributed by atoms with E-state index in [1.54, 1.807) is 0 Å². The number of rotatable bonds is 6. The van der Waals surface area contributed by atoms with Gasteiger partial charge in [0.25, 0.3) is 0 Å². The van der Waals surface area contributed by atoms with Crippen LogP contribution >= 0.6 is 32.1 Å². The summed E-state index contributed by atoms with van der Waals surface area (Å²) in [6.45, 7) is 0. The van der Waals surface area contributed by atoms with Crippen LogP contribution < -0.4 is 0 Å². The molecule has 250 valence electrons. The van der Waals surface area contributed by atoms with E-state index in [-0.39, 0.29) is 0 Å². The van der Waals surface area contributed by atoms with E-state index in [0.29, 0.717) is 0 Å². The van der Waals surface area contributed by atoms with Gasteiger partial charge in [-0.25, -0.2) is 15.0 Å². The van der Waals surface area contributed by atoms with E-state index < -0.39 is 20.7 Å². The van der Waals surface area contributed by atoms with Crippen molar-refractivity contribution in [1.29, 1.82) is 0 Å². The van der Waals surface area contributed by atoms with Crippen LogP contribution in [0.3, 0.4) is 0 Å². The first-order valence-corrected chi connectivity index (χ1v) is 20.5. The van der Waals surface area contributed by atoms with Gasteiger partial charge in [0.1, 0.15) is 7.35 Å². The Bertz CT molecular complexity index is 2890. The van der Waals surface area contributed by atoms with Gasteiger partial charge in [0.2, 0.25) is 0 Å². The lowest BCUT2D eigenvalue weighted by Gasteiger charge is -2.14. The molecule has 9 aromatic rings. The minimum Gasteiger partial charge on any atom is -0.247 e. The van der Waals surface area contributed by atoms with Gasteiger partial charge in [-0.2, -0.15) is 0 Å². The molecule has 0 atom stereocenters. The molecule has 0 saturated heterocycles. The monoisotopic (exact) mass is 807 g/mol. The van der Waals surface area contributed by atoms with E-state index in [1.165, 1.54) is 47.8 Å². The Hall–Kier alpha value is -5.89. The van der Waals surface area contributed by atoms with E-state index in [0.717, 1.165) is 46.7 Å². The van der Waals surface area contributed by atoms with Crippen LogP contribution in [0.2, 0.25) is 0 Å². The van der Waals surface area contributed by atoms with Crippen molar-refractivity contribution in [1.82, 2.24) is 4.98 Å². The van der Waals surface area contributed by atoms with Crippen LogP contribution in [0.25, 0.3) is 64.6 Å². The molecule has 1 aliphatic heterocycles. The SMILES string of the molecule is c1ccc(C2=NC(c3ccc(-c4nc5cc(-c6ccccc6)ccc5c5sc6ccccc6c45)cc3)=IC(c3ccc(-c4ccccc4)cc3)=N2)cc1. The highest BCUT2D eigenvalue weighted by Crippen LogP contribution is 2.43. The topological polar surface area (TPSA) is 37.6 Å². The van der Waals surface area contributed by atoms with E-state index in [2.05, 4.69) is 164 Å². The molecule has 1 aliphatic rings. The van der Waals surface area contributed by atoms with Crippen molar-refractivity contribution in [2.75, 3.05) is 0 Å². The molecule has 0 fully saturated rings. The maximum atomic E-state index is 5.42. The second kappa shape index (κ2) is 13.6. The Kier molecular flexibility index (Phi) is 8.15. The van der Waals surface area contributed by atoms with Crippen molar-refractivity contribution in [2.45, 2.75) is 0 Å². The van der Waals surface area contributed by atoms with Gasteiger partial charge in [-0.1, -0.05) is 170 Å². The Morgan fingerprint density at radius 1 is 0.415 bits per heavy atom. The van der Waals surface area contributed by atoms with Gasteiger partial charge in [-0.05, 0) is 55.1 Å². The minimum absolute atomic E-state index is 0.654. The van der Waals surface area contributed by atoms with Crippen LogP contribution in [-0.4, -0.2) is 18.2 Å². The summed E-state index contributed by atoms with van der Waals surface area (Å²) in [7, 11) is 0. The molecule has 0 bridgehead atoms. The summed E-state index contributed by atoms with van der Waals surface area (Å²) >= 11 is 1.20. The zero-order chi connectivity index (χ0) is 35.1. The number of thiophene rings is 1. The number of aromatic nitrogens is 1. The maximum Gasteiger partial charge on any atom is 0.161 e. The molecule has 0 aliphatic carbocycles. The van der Waals surface area contributed by atoms with E-state index in [4.69, 9.17) is 15.0 Å². The average molecular weight is 808 g/mol. The maximum absolute atomic E-state index is 5.42. The third-order valence-electron chi connectivity index (χ3n) is 9.66. The number of hydrogen-bond acceptors (Lipinski definition) is 4. The van der Waals surface area contributed by atoms with Crippen molar-refractivity contribution in [3.05, 3.63) is 199 Å². The van der Waals surface area contributed by atoms with Crippen LogP contribution in [0.4, 0.5) is 0 Å². The number of aliphatic imine (C=N–C) groups is 2. The number of halogens is 1. The van der Waals surface area contributed by atoms with Gasteiger partial charge < -0.3 is 0 Å². The molecule has 7 aromatic carbocycles. The first kappa shape index (κ1) is 31.8. The van der Waals surface area contributed by atoms with E-state index >= 15 is 0 Å². The second-order valence-electron chi connectivity index (χ2n) is 13.0. The summed E-state index contributed by atoms with van der Waals surface area (Å²) in [6, 6.07) is 64.5. The molecular weight excluding hydrogens is 778 g/mol. The summed E-state index contributed by atoms with van der Waals surface area (Å²) in [5.41, 5.74) is 11.2. The van der Waals surface area contributed by atoms with Gasteiger partial charge in [-0.15, -0.1) is 11.3 Å². The lowest BCUT2D eigenvalue weighted by Crippen LogP contribution is -2.11. The summed E-state index contributed by atoms with van der Waals surface area (Å²) in [4.78, 5) is 15.8. The van der Waals surface area contributed by atoms with E-state index in [9.17, 15) is 0 Å². The number of pyridine rings is 1. The summed E-state index contributed by atoms with van der Waals surface area (Å²) in [5.74, 6) is 0.759. The molecular formula is C48H30IN3S. The lowest BCUT2D eigenvalue weighted by molar-refractivity contribution is 1.43. The smallest absolute Gasteiger partial charge is 0.161 e. The normalized spacial score (nSPS) is 13.0. The Balaban J connectivity index is 1.08. The summed E-state index contributed by atoms with van der Waals surface area (Å²) in [5, 5.41) is 3.65. The number of fused-ring (bicyclic) bond motifs is 5. The molecule has 0 amide bonds. The number of nitrogens with zero attached hydrogens (tertiary/aromatic N) is 3. The van der Waals surface area contributed by atoms with Crippen LogP contribution in [-0.2, 0) is 0 Å². The minimum atomic E-state index is -0.654. The third kappa shape index (κ3) is 6.02. The van der Waals surface area contributed by atoms with Crippen molar-refractivity contribution in [2.24, 2.45) is 9.98 Å². The highest BCUT2D eigenvalue weighted by Gasteiger charge is 2.19. The van der Waals surface area contributed by atoms with Crippen molar-refractivity contribution < 1.29 is 0 Å². The second-order valence-corrected chi connectivity index (χ2v) is 16.6. The first-order valence-electron chi connectivity index (χ1n) is 17.6. The van der Waals surface area contributed by atoms with Gasteiger partial charge in [0.15, 0.2) is 5.84 Å². The van der Waals surface area contributed by atoms with Crippen molar-refractivity contribution in [3.8, 4) is 33.5 Å². The fourth-order valence-electron chi connectivity index (χ4n) is 6.97. The lowest BCUT2D eigenvalue weighted by atomic mass is 9.99. The molecule has 0 N–H and O–H groups in total. The molecule has 2 aromatic heterocycles. The predicted molar refractivity (Wildman–Crippen MR) is 235 cm³/mol. The summed E-state index contributed by atoms with van der Waals surface area (Å²) in [6.07, 6.45) is 0. The van der Waals surface area contributed by atoms with Crippen molar-refractivity contribution in [3.63, 3.8) is 0 Å². The quantitative estimate of drug-likeness (QED) is 0.154. The zero-order valence-corrected chi connectivity index (χ0v) is 31.4. The number of hydrogen-bond donors (Lipinski definition) is 0. The molecule has 3 nitrogen and oxygen atoms in total. The average Bonchev–Trinajstić information content (AvgIpc) is 3.64. The third-order valence-corrected chi connectivity index (χ3v) is 13.6. The van der Waals surface area contributed by atoms with Gasteiger partial charge in [0.05, 0.1) is 11.2 Å². The Morgan fingerprint density at radius 3 is 1.68 bits per heavy atom. The van der Waals surface area contributed by atoms with Gasteiger partial charge >= 0.3 is 0 Å². The molecule has 10 rings (SSSR count). The Morgan fingerprint density at radius 2 is 0.962 bits per heavy atom. The van der Waals surface area contributed by atoms with Gasteiger partial charge in [0, 0.05) is 47.8 Å². The standard InChI is InChI=1S/C48H30IN3S/c1-4-12-31(13-5-1)33-20-24-35(25-21-33)46-49-47(52-48(51-46)37-16-8-3-9-17-37)36-26-22-34(23-27-36)44-43-40-18-10-11-19-42(40)53-45(43)39-29-28-38(30-41(39)50-44)32-14-6-2-7-15-32/h1-30H. The predicted octanol–water partition coefficient (Wildman–Crippen LogP) is 13.0. The summed E-state index contributed by atoms with van der Waals surface area (Å²) < 4.78 is 4.78. The number of amidine groups is 1. The highest BCUT2D eigenvalue weighted by molar-refractivity contribution is 14.2. The zero-order valence-electron chi connectivity index (χ0n) is 28.4. The largest absolute Gasteiger partial charge is 0.247 e. The fourth-order valence-corrected chi connectivity index (χ4v) is 10.7. The Labute approximate surface area is 321 Å². The van der Waals surface area contributed by atoms with Crippen LogP contribution in [0.5, 0.6) is 0 Å². The van der Waals surface area contributed by atoms with Crippen LogP contribution in [0, 0.1) is 0 Å². The first-order chi connectivity index (χ1) is 26.2. The molecule has 0 radical (unpaired) electrons. The molecule has 5 heteroatoms. The molecule has 0 unspecified atom stereocenters. The van der Waals surface area contributed by atoms with Crippen molar-refractivity contribution >= 4 is 76.3 Å².